The second kappa shape index (κ2) is 4.26. The zero-order chi connectivity index (χ0) is 14.4. The van der Waals surface area contributed by atoms with Crippen LogP contribution in [0.5, 0.6) is 0 Å². The van der Waals surface area contributed by atoms with Gasteiger partial charge in [0.2, 0.25) is 0 Å². The summed E-state index contributed by atoms with van der Waals surface area (Å²) in [5.74, 6) is 3.59. The standard InChI is InChI=1S/C15H23N3O/c1-6-11(3)18-13(19)17-12(16)15(18)8-10(2)7-14(4,5)9-15/h1,10-11H,7-9H2,2-5H3,(H2,16,17,19). The fourth-order valence-corrected chi connectivity index (χ4v) is 4.08. The van der Waals surface area contributed by atoms with Crippen molar-refractivity contribution in [1.82, 2.24) is 4.90 Å². The van der Waals surface area contributed by atoms with Crippen molar-refractivity contribution in [2.24, 2.45) is 22.1 Å². The maximum absolute atomic E-state index is 12.1. The first-order chi connectivity index (χ1) is 8.72. The van der Waals surface area contributed by atoms with E-state index in [0.29, 0.717) is 11.8 Å². The van der Waals surface area contributed by atoms with Gasteiger partial charge in [-0.15, -0.1) is 6.42 Å². The van der Waals surface area contributed by atoms with E-state index >= 15 is 0 Å². The van der Waals surface area contributed by atoms with E-state index in [1.807, 2.05) is 6.92 Å². The van der Waals surface area contributed by atoms with E-state index in [-0.39, 0.29) is 17.5 Å². The van der Waals surface area contributed by atoms with E-state index in [1.54, 1.807) is 4.90 Å². The molecule has 1 fully saturated rings. The highest BCUT2D eigenvalue weighted by Gasteiger charge is 2.55. The van der Waals surface area contributed by atoms with E-state index in [4.69, 9.17) is 12.2 Å². The first-order valence-corrected chi connectivity index (χ1v) is 6.86. The Labute approximate surface area is 115 Å². The quantitative estimate of drug-likeness (QED) is 0.737. The molecule has 1 spiro atoms. The predicted molar refractivity (Wildman–Crippen MR) is 76.7 cm³/mol. The fourth-order valence-electron chi connectivity index (χ4n) is 4.08. The van der Waals surface area contributed by atoms with Crippen LogP contribution in [0.3, 0.4) is 0 Å². The van der Waals surface area contributed by atoms with Crippen molar-refractivity contribution < 1.29 is 4.79 Å². The van der Waals surface area contributed by atoms with E-state index in [9.17, 15) is 4.79 Å². The van der Waals surface area contributed by atoms with Gasteiger partial charge in [0.15, 0.2) is 0 Å². The predicted octanol–water partition coefficient (Wildman–Crippen LogP) is 2.39. The van der Waals surface area contributed by atoms with Crippen molar-refractivity contribution >= 4 is 11.9 Å². The Morgan fingerprint density at radius 2 is 2.16 bits per heavy atom. The maximum atomic E-state index is 12.1. The molecule has 1 aliphatic heterocycles. The van der Waals surface area contributed by atoms with Gasteiger partial charge < -0.3 is 5.73 Å². The molecule has 0 bridgehead atoms. The number of carbonyl (C=O) groups is 1. The molecule has 1 aliphatic carbocycles. The van der Waals surface area contributed by atoms with Gasteiger partial charge in [0, 0.05) is 0 Å². The molecule has 3 atom stereocenters. The van der Waals surface area contributed by atoms with Gasteiger partial charge in [0.05, 0.1) is 6.04 Å². The fraction of sp³-hybridized carbons (Fsp3) is 0.733. The summed E-state index contributed by atoms with van der Waals surface area (Å²) in [7, 11) is 0. The minimum Gasteiger partial charge on any atom is -0.385 e. The molecule has 0 saturated heterocycles. The number of amides is 2. The normalized spacial score (nSPS) is 35.1. The van der Waals surface area contributed by atoms with Crippen LogP contribution in [0.2, 0.25) is 0 Å². The van der Waals surface area contributed by atoms with Crippen molar-refractivity contribution in [2.45, 2.75) is 58.5 Å². The molecular formula is C15H23N3O. The molecule has 1 saturated carbocycles. The van der Waals surface area contributed by atoms with Crippen molar-refractivity contribution in [2.75, 3.05) is 0 Å². The van der Waals surface area contributed by atoms with Crippen molar-refractivity contribution in [3.63, 3.8) is 0 Å². The van der Waals surface area contributed by atoms with Crippen LogP contribution in [0.15, 0.2) is 4.99 Å². The molecule has 104 valence electrons. The minimum absolute atomic E-state index is 0.134. The van der Waals surface area contributed by atoms with Crippen LogP contribution in [0.25, 0.3) is 0 Å². The average Bonchev–Trinajstić information content (AvgIpc) is 2.46. The van der Waals surface area contributed by atoms with Gasteiger partial charge in [-0.25, -0.2) is 4.79 Å². The van der Waals surface area contributed by atoms with Crippen molar-refractivity contribution in [3.8, 4) is 12.3 Å². The summed E-state index contributed by atoms with van der Waals surface area (Å²) in [5.41, 5.74) is 5.77. The number of nitrogens with two attached hydrogens (primary N) is 1. The van der Waals surface area contributed by atoms with Crippen LogP contribution in [0.4, 0.5) is 4.79 Å². The minimum atomic E-state index is -0.482. The van der Waals surface area contributed by atoms with Crippen molar-refractivity contribution in [3.05, 3.63) is 0 Å². The van der Waals surface area contributed by atoms with Gasteiger partial charge in [-0.3, -0.25) is 4.90 Å². The molecule has 2 rings (SSSR count). The molecule has 0 radical (unpaired) electrons. The summed E-state index contributed by atoms with van der Waals surface area (Å²) in [5, 5.41) is 0. The Morgan fingerprint density at radius 1 is 1.53 bits per heavy atom. The number of amidine groups is 1. The van der Waals surface area contributed by atoms with Gasteiger partial charge >= 0.3 is 6.03 Å². The number of hydrogen-bond acceptors (Lipinski definition) is 2. The molecular weight excluding hydrogens is 238 g/mol. The van der Waals surface area contributed by atoms with Crippen LogP contribution in [-0.4, -0.2) is 28.3 Å². The van der Waals surface area contributed by atoms with Crippen LogP contribution in [0.1, 0.15) is 47.0 Å². The number of aliphatic imine (C=N–C) groups is 1. The molecule has 4 nitrogen and oxygen atoms in total. The zero-order valence-corrected chi connectivity index (χ0v) is 12.2. The summed E-state index contributed by atoms with van der Waals surface area (Å²) in [6, 6.07) is -0.564. The number of hydrogen-bond donors (Lipinski definition) is 1. The molecule has 2 amide bonds. The maximum Gasteiger partial charge on any atom is 0.347 e. The smallest absolute Gasteiger partial charge is 0.347 e. The highest BCUT2D eigenvalue weighted by molar-refractivity contribution is 6.06. The second-order valence-corrected chi connectivity index (χ2v) is 6.88. The third-order valence-corrected chi connectivity index (χ3v) is 4.35. The number of carbonyl (C=O) groups excluding carboxylic acids is 1. The van der Waals surface area contributed by atoms with Crippen molar-refractivity contribution in [1.29, 1.82) is 0 Å². The Morgan fingerprint density at radius 3 is 2.68 bits per heavy atom. The first-order valence-electron chi connectivity index (χ1n) is 6.86. The Kier molecular flexibility index (Phi) is 3.12. The Balaban J connectivity index is 2.46. The largest absolute Gasteiger partial charge is 0.385 e. The Bertz CT molecular complexity index is 474. The number of rotatable bonds is 1. The lowest BCUT2D eigenvalue weighted by Gasteiger charge is -2.50. The zero-order valence-electron chi connectivity index (χ0n) is 12.2. The number of nitrogens with zero attached hydrogens (tertiary/aromatic N) is 2. The Hall–Kier alpha value is -1.50. The summed E-state index contributed by atoms with van der Waals surface area (Å²) >= 11 is 0. The van der Waals surface area contributed by atoms with Crippen LogP contribution < -0.4 is 5.73 Å². The summed E-state index contributed by atoms with van der Waals surface area (Å²) in [6.45, 7) is 8.51. The monoisotopic (exact) mass is 261 g/mol. The molecule has 1 heterocycles. The third kappa shape index (κ3) is 2.11. The van der Waals surface area contributed by atoms with Gasteiger partial charge in [-0.2, -0.15) is 4.99 Å². The summed E-state index contributed by atoms with van der Waals surface area (Å²) in [4.78, 5) is 17.9. The molecule has 3 unspecified atom stereocenters. The molecule has 0 aromatic carbocycles. The molecule has 2 N–H and O–H groups in total. The second-order valence-electron chi connectivity index (χ2n) is 6.88. The number of terminal acetylenes is 1. The molecule has 0 aromatic rings. The summed E-state index contributed by atoms with van der Waals surface area (Å²) in [6.07, 6.45) is 8.33. The molecule has 4 heteroatoms. The van der Waals surface area contributed by atoms with E-state index in [1.165, 1.54) is 0 Å². The first kappa shape index (κ1) is 13.9. The SMILES string of the molecule is C#CC(C)N1C(=O)N=C(N)C12CC(C)CC(C)(C)C2. The van der Waals surface area contributed by atoms with E-state index < -0.39 is 5.54 Å². The number of urea groups is 1. The summed E-state index contributed by atoms with van der Waals surface area (Å²) < 4.78 is 0. The highest BCUT2D eigenvalue weighted by Crippen LogP contribution is 2.49. The topological polar surface area (TPSA) is 58.7 Å². The molecule has 19 heavy (non-hydrogen) atoms. The van der Waals surface area contributed by atoms with Crippen LogP contribution >= 0.6 is 0 Å². The third-order valence-electron chi connectivity index (χ3n) is 4.35. The average molecular weight is 261 g/mol. The lowest BCUT2D eigenvalue weighted by Crippen LogP contribution is -2.61. The van der Waals surface area contributed by atoms with Gasteiger partial charge in [0.25, 0.3) is 0 Å². The van der Waals surface area contributed by atoms with Gasteiger partial charge in [-0.1, -0.05) is 26.7 Å². The lowest BCUT2D eigenvalue weighted by molar-refractivity contribution is 0.0514. The van der Waals surface area contributed by atoms with Crippen LogP contribution in [-0.2, 0) is 0 Å². The lowest BCUT2D eigenvalue weighted by atomic mass is 9.63. The molecule has 2 aliphatic rings. The van der Waals surface area contributed by atoms with Gasteiger partial charge in [-0.05, 0) is 37.5 Å². The van der Waals surface area contributed by atoms with Crippen LogP contribution in [0, 0.1) is 23.7 Å². The van der Waals surface area contributed by atoms with E-state index in [2.05, 4.69) is 31.7 Å². The van der Waals surface area contributed by atoms with E-state index in [0.717, 1.165) is 19.3 Å². The van der Waals surface area contributed by atoms with Gasteiger partial charge in [0.1, 0.15) is 11.4 Å². The highest BCUT2D eigenvalue weighted by atomic mass is 16.2. The molecule has 0 aromatic heterocycles.